The normalized spacial score (nSPS) is 24.5. The van der Waals surface area contributed by atoms with Gasteiger partial charge in [-0.3, -0.25) is 0 Å². The molecule has 152 valence electrons. The van der Waals surface area contributed by atoms with Crippen LogP contribution in [0.15, 0.2) is 18.2 Å². The number of rotatable bonds is 3. The summed E-state index contributed by atoms with van der Waals surface area (Å²) in [5.74, 6) is -0.477. The van der Waals surface area contributed by atoms with Crippen LogP contribution in [0.2, 0.25) is 0 Å². The molecule has 0 unspecified atom stereocenters. The van der Waals surface area contributed by atoms with Crippen LogP contribution in [0.5, 0.6) is 0 Å². The van der Waals surface area contributed by atoms with E-state index < -0.39 is 42.6 Å². The van der Waals surface area contributed by atoms with Gasteiger partial charge in [0.2, 0.25) is 0 Å². The van der Waals surface area contributed by atoms with Crippen molar-refractivity contribution in [3.63, 3.8) is 0 Å². The molecule has 0 radical (unpaired) electrons. The maximum absolute atomic E-state index is 12.8. The van der Waals surface area contributed by atoms with E-state index in [-0.39, 0.29) is 0 Å². The molecule has 0 atom stereocenters. The predicted molar refractivity (Wildman–Crippen MR) is 109 cm³/mol. The molecule has 8 heteroatoms. The van der Waals surface area contributed by atoms with Crippen LogP contribution in [0.25, 0.3) is 0 Å². The molecular formula is C20H30B2O6. The van der Waals surface area contributed by atoms with E-state index in [1.165, 1.54) is 7.11 Å². The molecule has 0 amide bonds. The molecule has 0 spiro atoms. The van der Waals surface area contributed by atoms with Gasteiger partial charge >= 0.3 is 20.2 Å². The third-order valence-electron chi connectivity index (χ3n) is 6.53. The maximum atomic E-state index is 12.8. The highest BCUT2D eigenvalue weighted by Gasteiger charge is 2.55. The number of ether oxygens (including phenoxy) is 1. The van der Waals surface area contributed by atoms with Crippen molar-refractivity contribution in [3.8, 4) is 0 Å². The molecule has 0 bridgehead atoms. The molecule has 2 fully saturated rings. The number of carbonyl (C=O) groups excluding carboxylic acids is 1. The summed E-state index contributed by atoms with van der Waals surface area (Å²) in [7, 11) is -0.0277. The van der Waals surface area contributed by atoms with Gasteiger partial charge in [-0.2, -0.15) is 0 Å². The first kappa shape index (κ1) is 21.4. The summed E-state index contributed by atoms with van der Waals surface area (Å²) in [6.45, 7) is 15.8. The number of esters is 1. The van der Waals surface area contributed by atoms with E-state index in [0.29, 0.717) is 16.5 Å². The minimum Gasteiger partial charge on any atom is -0.465 e. The Morgan fingerprint density at radius 2 is 1.07 bits per heavy atom. The van der Waals surface area contributed by atoms with E-state index in [1.807, 2.05) is 73.6 Å². The van der Waals surface area contributed by atoms with Gasteiger partial charge in [-0.15, -0.1) is 0 Å². The summed E-state index contributed by atoms with van der Waals surface area (Å²) in [6, 6.07) is 5.50. The van der Waals surface area contributed by atoms with E-state index >= 15 is 0 Å². The van der Waals surface area contributed by atoms with Crippen molar-refractivity contribution in [2.24, 2.45) is 0 Å². The molecule has 0 aromatic heterocycles. The highest BCUT2D eigenvalue weighted by molar-refractivity contribution is 6.68. The second kappa shape index (κ2) is 6.59. The van der Waals surface area contributed by atoms with Gasteiger partial charge in [-0.25, -0.2) is 4.79 Å². The van der Waals surface area contributed by atoms with Crippen LogP contribution in [0.4, 0.5) is 0 Å². The molecule has 2 aliphatic rings. The number of hydrogen-bond acceptors (Lipinski definition) is 6. The van der Waals surface area contributed by atoms with Gasteiger partial charge < -0.3 is 23.4 Å². The monoisotopic (exact) mass is 388 g/mol. The summed E-state index contributed by atoms with van der Waals surface area (Å²) < 4.78 is 29.8. The van der Waals surface area contributed by atoms with E-state index in [1.54, 1.807) is 0 Å². The van der Waals surface area contributed by atoms with Crippen LogP contribution >= 0.6 is 0 Å². The fourth-order valence-electron chi connectivity index (χ4n) is 3.26. The summed E-state index contributed by atoms with van der Waals surface area (Å²) >= 11 is 0. The van der Waals surface area contributed by atoms with E-state index in [4.69, 9.17) is 23.4 Å². The molecule has 2 heterocycles. The van der Waals surface area contributed by atoms with Gasteiger partial charge in [-0.05, 0) is 66.3 Å². The van der Waals surface area contributed by atoms with Crippen molar-refractivity contribution in [1.82, 2.24) is 0 Å². The molecule has 0 saturated carbocycles. The first-order valence-electron chi connectivity index (χ1n) is 9.65. The quantitative estimate of drug-likeness (QED) is 0.584. The lowest BCUT2D eigenvalue weighted by Gasteiger charge is -2.32. The fourth-order valence-corrected chi connectivity index (χ4v) is 3.26. The number of benzene rings is 1. The highest BCUT2D eigenvalue weighted by Crippen LogP contribution is 2.38. The third kappa shape index (κ3) is 3.30. The summed E-state index contributed by atoms with van der Waals surface area (Å²) in [6.07, 6.45) is 0. The fraction of sp³-hybridized carbons (Fsp3) is 0.650. The lowest BCUT2D eigenvalue weighted by molar-refractivity contribution is 0.00578. The average Bonchev–Trinajstić information content (AvgIpc) is 2.93. The van der Waals surface area contributed by atoms with Gasteiger partial charge in [0.15, 0.2) is 0 Å². The molecule has 0 N–H and O–H groups in total. The van der Waals surface area contributed by atoms with Gasteiger partial charge in [0.05, 0.1) is 35.1 Å². The van der Waals surface area contributed by atoms with Gasteiger partial charge in [0.1, 0.15) is 0 Å². The molecule has 28 heavy (non-hydrogen) atoms. The second-order valence-electron chi connectivity index (χ2n) is 9.48. The van der Waals surface area contributed by atoms with Crippen LogP contribution in [0, 0.1) is 0 Å². The molecule has 2 saturated heterocycles. The van der Waals surface area contributed by atoms with E-state index in [2.05, 4.69) is 0 Å². The Labute approximate surface area is 168 Å². The lowest BCUT2D eigenvalue weighted by Crippen LogP contribution is -2.47. The topological polar surface area (TPSA) is 63.2 Å². The summed E-state index contributed by atoms with van der Waals surface area (Å²) in [5.41, 5.74) is -0.509. The first-order chi connectivity index (χ1) is 12.7. The smallest absolute Gasteiger partial charge is 0.465 e. The van der Waals surface area contributed by atoms with Crippen LogP contribution in [-0.2, 0) is 23.4 Å². The highest BCUT2D eigenvalue weighted by atomic mass is 16.7. The standard InChI is InChI=1S/C20H30B2O6/c1-17(2)18(3,4)26-21(25-17)13-11-10-12-14(15(13)16(23)24-9)22-27-19(5,6)20(7,8)28-22/h10-12H,1-9H3. The second-order valence-corrected chi connectivity index (χ2v) is 9.48. The molecule has 1 aromatic rings. The van der Waals surface area contributed by atoms with Crippen molar-refractivity contribution >= 4 is 31.1 Å². The average molecular weight is 388 g/mol. The zero-order valence-corrected chi connectivity index (χ0v) is 18.3. The van der Waals surface area contributed by atoms with Crippen molar-refractivity contribution in [2.75, 3.05) is 7.11 Å². The molecular weight excluding hydrogens is 358 g/mol. The Morgan fingerprint density at radius 1 is 0.750 bits per heavy atom. The first-order valence-corrected chi connectivity index (χ1v) is 9.65. The van der Waals surface area contributed by atoms with Gasteiger partial charge in [0.25, 0.3) is 0 Å². The molecule has 2 aliphatic heterocycles. The number of methoxy groups -OCH3 is 1. The van der Waals surface area contributed by atoms with Gasteiger partial charge in [0, 0.05) is 0 Å². The largest absolute Gasteiger partial charge is 0.495 e. The molecule has 3 rings (SSSR count). The van der Waals surface area contributed by atoms with Crippen LogP contribution in [0.1, 0.15) is 65.7 Å². The zero-order valence-electron chi connectivity index (χ0n) is 18.3. The third-order valence-corrected chi connectivity index (χ3v) is 6.53. The van der Waals surface area contributed by atoms with Crippen LogP contribution in [-0.4, -0.2) is 49.7 Å². The maximum Gasteiger partial charge on any atom is 0.495 e. The Hall–Kier alpha value is -1.34. The summed E-state index contributed by atoms with van der Waals surface area (Å²) in [4.78, 5) is 12.8. The minimum atomic E-state index is -0.693. The van der Waals surface area contributed by atoms with Crippen molar-refractivity contribution in [1.29, 1.82) is 0 Å². The minimum absolute atomic E-state index is 0.363. The molecule has 1 aromatic carbocycles. The van der Waals surface area contributed by atoms with Crippen molar-refractivity contribution in [2.45, 2.75) is 77.8 Å². The Kier molecular flexibility index (Phi) is 5.03. The zero-order chi connectivity index (χ0) is 21.1. The van der Waals surface area contributed by atoms with Gasteiger partial charge in [-0.1, -0.05) is 18.2 Å². The molecule has 6 nitrogen and oxygen atoms in total. The summed E-state index contributed by atoms with van der Waals surface area (Å²) in [5, 5.41) is 0. The van der Waals surface area contributed by atoms with Crippen molar-refractivity contribution < 1.29 is 28.1 Å². The lowest BCUT2D eigenvalue weighted by atomic mass is 9.67. The predicted octanol–water partition coefficient (Wildman–Crippen LogP) is 2.07. The Morgan fingerprint density at radius 3 is 1.36 bits per heavy atom. The van der Waals surface area contributed by atoms with E-state index in [0.717, 1.165) is 0 Å². The molecule has 0 aliphatic carbocycles. The van der Waals surface area contributed by atoms with Crippen LogP contribution < -0.4 is 10.9 Å². The van der Waals surface area contributed by atoms with Crippen LogP contribution in [0.3, 0.4) is 0 Å². The van der Waals surface area contributed by atoms with Crippen molar-refractivity contribution in [3.05, 3.63) is 23.8 Å². The number of hydrogen-bond donors (Lipinski definition) is 0. The number of carbonyl (C=O) groups is 1. The Balaban J connectivity index is 2.07. The van der Waals surface area contributed by atoms with E-state index in [9.17, 15) is 4.79 Å². The Bertz CT molecular complexity index is 701. The SMILES string of the molecule is COC(=O)c1c(B2OC(C)(C)C(C)(C)O2)cccc1B1OC(C)(C)C(C)(C)O1.